The van der Waals surface area contributed by atoms with Crippen LogP contribution in [0, 0.1) is 6.92 Å². The number of aromatic nitrogens is 4. The van der Waals surface area contributed by atoms with Crippen LogP contribution in [-0.2, 0) is 12.8 Å². The van der Waals surface area contributed by atoms with Crippen LogP contribution in [0.15, 0.2) is 11.7 Å². The van der Waals surface area contributed by atoms with Gasteiger partial charge in [0.05, 0.1) is 10.7 Å². The van der Waals surface area contributed by atoms with Crippen molar-refractivity contribution in [1.82, 2.24) is 25.1 Å². The average molecular weight is 293 g/mol. The van der Waals surface area contributed by atoms with Crippen LogP contribution in [0.1, 0.15) is 43.3 Å². The van der Waals surface area contributed by atoms with Gasteiger partial charge >= 0.3 is 0 Å². The first kappa shape index (κ1) is 15.1. The van der Waals surface area contributed by atoms with Crippen LogP contribution in [0.25, 0.3) is 0 Å². The Morgan fingerprint density at radius 2 is 2.15 bits per heavy atom. The third-order valence-electron chi connectivity index (χ3n) is 3.18. The van der Waals surface area contributed by atoms with E-state index in [4.69, 9.17) is 0 Å². The normalized spacial score (nSPS) is 13.1. The fourth-order valence-corrected chi connectivity index (χ4v) is 2.96. The second-order valence-corrected chi connectivity index (χ2v) is 6.30. The molecule has 0 saturated carbocycles. The molecule has 2 rings (SSSR count). The number of thiazole rings is 1. The van der Waals surface area contributed by atoms with Gasteiger partial charge in [-0.25, -0.2) is 14.6 Å². The molecule has 110 valence electrons. The molecule has 20 heavy (non-hydrogen) atoms. The molecule has 0 radical (unpaired) electrons. The maximum atomic E-state index is 4.56. The van der Waals surface area contributed by atoms with Gasteiger partial charge in [-0.3, -0.25) is 0 Å². The third kappa shape index (κ3) is 3.86. The number of nitrogens with zero attached hydrogens (tertiary/aromatic N) is 4. The lowest BCUT2D eigenvalue weighted by molar-refractivity contribution is 0.457. The highest BCUT2D eigenvalue weighted by Gasteiger charge is 2.16. The molecular formula is C14H23N5S. The van der Waals surface area contributed by atoms with Crippen molar-refractivity contribution in [3.63, 3.8) is 0 Å². The lowest BCUT2D eigenvalue weighted by atomic mass is 10.1. The van der Waals surface area contributed by atoms with Gasteiger partial charge in [0.1, 0.15) is 12.2 Å². The zero-order chi connectivity index (χ0) is 14.5. The molecule has 6 heteroatoms. The summed E-state index contributed by atoms with van der Waals surface area (Å²) in [7, 11) is 0. The van der Waals surface area contributed by atoms with Gasteiger partial charge in [-0.1, -0.05) is 6.92 Å². The molecule has 2 aromatic heterocycles. The van der Waals surface area contributed by atoms with Crippen LogP contribution >= 0.6 is 11.3 Å². The van der Waals surface area contributed by atoms with E-state index in [9.17, 15) is 0 Å². The fraction of sp³-hybridized carbons (Fsp3) is 0.643. The zero-order valence-electron chi connectivity index (χ0n) is 12.6. The van der Waals surface area contributed by atoms with Gasteiger partial charge < -0.3 is 5.32 Å². The lowest BCUT2D eigenvalue weighted by Gasteiger charge is -2.18. The van der Waals surface area contributed by atoms with E-state index in [1.54, 1.807) is 17.7 Å². The molecule has 0 aliphatic rings. The number of hydrogen-bond acceptors (Lipinski definition) is 5. The van der Waals surface area contributed by atoms with Crippen molar-refractivity contribution in [1.29, 1.82) is 0 Å². The van der Waals surface area contributed by atoms with Crippen molar-refractivity contribution >= 4 is 11.3 Å². The second kappa shape index (κ2) is 6.95. The van der Waals surface area contributed by atoms with E-state index in [-0.39, 0.29) is 0 Å². The van der Waals surface area contributed by atoms with Gasteiger partial charge in [0.15, 0.2) is 0 Å². The predicted molar refractivity (Wildman–Crippen MR) is 82.1 cm³/mol. The Labute approximate surface area is 124 Å². The smallest absolute Gasteiger partial charge is 0.138 e. The Bertz CT molecular complexity index is 531. The molecule has 1 atom stereocenters. The van der Waals surface area contributed by atoms with E-state index >= 15 is 0 Å². The van der Waals surface area contributed by atoms with Gasteiger partial charge in [-0.2, -0.15) is 5.10 Å². The monoisotopic (exact) mass is 293 g/mol. The third-order valence-corrected chi connectivity index (χ3v) is 4.00. The molecule has 2 heterocycles. The van der Waals surface area contributed by atoms with Gasteiger partial charge in [0, 0.05) is 30.3 Å². The standard InChI is InChI=1S/C14H23N5S/c1-5-15-12(6-13-8-20-11(4)18-13)7-14-16-9-17-19(14)10(2)3/h8-10,12,15H,5-7H2,1-4H3. The number of aryl methyl sites for hydroxylation is 1. The van der Waals surface area contributed by atoms with E-state index in [2.05, 4.69) is 46.5 Å². The highest BCUT2D eigenvalue weighted by atomic mass is 32.1. The van der Waals surface area contributed by atoms with Crippen molar-refractivity contribution in [2.24, 2.45) is 0 Å². The van der Waals surface area contributed by atoms with E-state index < -0.39 is 0 Å². The van der Waals surface area contributed by atoms with Crippen LogP contribution in [0.2, 0.25) is 0 Å². The van der Waals surface area contributed by atoms with E-state index in [0.29, 0.717) is 12.1 Å². The van der Waals surface area contributed by atoms with Gasteiger partial charge in [0.2, 0.25) is 0 Å². The molecule has 0 aromatic carbocycles. The van der Waals surface area contributed by atoms with Crippen molar-refractivity contribution in [3.05, 3.63) is 28.2 Å². The Morgan fingerprint density at radius 1 is 1.35 bits per heavy atom. The van der Waals surface area contributed by atoms with Crippen molar-refractivity contribution in [2.75, 3.05) is 6.54 Å². The quantitative estimate of drug-likeness (QED) is 0.851. The molecule has 0 fully saturated rings. The minimum atomic E-state index is 0.344. The van der Waals surface area contributed by atoms with E-state index in [1.807, 2.05) is 11.6 Å². The van der Waals surface area contributed by atoms with Crippen LogP contribution in [-0.4, -0.2) is 32.3 Å². The summed E-state index contributed by atoms with van der Waals surface area (Å²) in [6.45, 7) is 9.39. The molecule has 0 bridgehead atoms. The van der Waals surface area contributed by atoms with Gasteiger partial charge in [-0.15, -0.1) is 11.3 Å². The molecule has 0 aliphatic carbocycles. The molecule has 0 aliphatic heterocycles. The fourth-order valence-electron chi connectivity index (χ4n) is 2.33. The molecular weight excluding hydrogens is 270 g/mol. The van der Waals surface area contributed by atoms with Crippen LogP contribution < -0.4 is 5.32 Å². The zero-order valence-corrected chi connectivity index (χ0v) is 13.4. The highest BCUT2D eigenvalue weighted by Crippen LogP contribution is 2.13. The van der Waals surface area contributed by atoms with E-state index in [0.717, 1.165) is 35.9 Å². The number of rotatable bonds is 7. The minimum absolute atomic E-state index is 0.344. The molecule has 1 unspecified atom stereocenters. The largest absolute Gasteiger partial charge is 0.313 e. The summed E-state index contributed by atoms with van der Waals surface area (Å²) >= 11 is 1.71. The van der Waals surface area contributed by atoms with Gasteiger partial charge in [-0.05, 0) is 27.3 Å². The van der Waals surface area contributed by atoms with Crippen LogP contribution in [0.3, 0.4) is 0 Å². The summed E-state index contributed by atoms with van der Waals surface area (Å²) in [4.78, 5) is 8.96. The summed E-state index contributed by atoms with van der Waals surface area (Å²) in [5, 5.41) is 11.1. The second-order valence-electron chi connectivity index (χ2n) is 5.24. The topological polar surface area (TPSA) is 55.6 Å². The number of nitrogens with one attached hydrogen (secondary N) is 1. The molecule has 0 spiro atoms. The Hall–Kier alpha value is -1.27. The summed E-state index contributed by atoms with van der Waals surface area (Å²) in [6, 6.07) is 0.694. The molecule has 1 N–H and O–H groups in total. The summed E-state index contributed by atoms with van der Waals surface area (Å²) in [5.41, 5.74) is 1.16. The summed E-state index contributed by atoms with van der Waals surface area (Å²) < 4.78 is 2.00. The maximum absolute atomic E-state index is 4.56. The predicted octanol–water partition coefficient (Wildman–Crippen LogP) is 2.39. The summed E-state index contributed by atoms with van der Waals surface area (Å²) in [6.07, 6.45) is 3.46. The highest BCUT2D eigenvalue weighted by molar-refractivity contribution is 7.09. The van der Waals surface area contributed by atoms with E-state index in [1.165, 1.54) is 0 Å². The van der Waals surface area contributed by atoms with Crippen LogP contribution in [0.4, 0.5) is 0 Å². The first-order valence-corrected chi connectivity index (χ1v) is 8.00. The van der Waals surface area contributed by atoms with Crippen molar-refractivity contribution in [3.8, 4) is 0 Å². The van der Waals surface area contributed by atoms with Crippen LogP contribution in [0.5, 0.6) is 0 Å². The molecule has 2 aromatic rings. The molecule has 5 nitrogen and oxygen atoms in total. The van der Waals surface area contributed by atoms with Crippen molar-refractivity contribution in [2.45, 2.75) is 52.6 Å². The summed E-state index contributed by atoms with van der Waals surface area (Å²) in [5.74, 6) is 1.04. The number of likely N-dealkylation sites (N-methyl/N-ethyl adjacent to an activating group) is 1. The Balaban J connectivity index is 2.06. The van der Waals surface area contributed by atoms with Crippen molar-refractivity contribution < 1.29 is 0 Å². The average Bonchev–Trinajstić information content (AvgIpc) is 2.99. The molecule has 0 saturated heterocycles. The molecule has 0 amide bonds. The van der Waals surface area contributed by atoms with Gasteiger partial charge in [0.25, 0.3) is 0 Å². The maximum Gasteiger partial charge on any atom is 0.138 e. The Morgan fingerprint density at radius 3 is 2.75 bits per heavy atom. The minimum Gasteiger partial charge on any atom is -0.313 e. The first-order chi connectivity index (χ1) is 9.60. The SMILES string of the molecule is CCNC(Cc1csc(C)n1)Cc1ncnn1C(C)C. The lowest BCUT2D eigenvalue weighted by Crippen LogP contribution is -2.34. The Kier molecular flexibility index (Phi) is 5.25. The number of hydrogen-bond donors (Lipinski definition) is 1. The first-order valence-electron chi connectivity index (χ1n) is 7.13.